The Morgan fingerprint density at radius 2 is 1.90 bits per heavy atom. The Morgan fingerprint density at radius 3 is 2.50 bits per heavy atom. The summed E-state index contributed by atoms with van der Waals surface area (Å²) in [6.07, 6.45) is 2.36. The Bertz CT molecular complexity index is 587. The van der Waals surface area contributed by atoms with Crippen molar-refractivity contribution < 1.29 is 14.6 Å². The molecule has 0 radical (unpaired) electrons. The van der Waals surface area contributed by atoms with E-state index in [4.69, 9.17) is 9.84 Å². The first kappa shape index (κ1) is 14.3. The fourth-order valence-corrected chi connectivity index (χ4v) is 1.58. The first-order valence-corrected chi connectivity index (χ1v) is 6.58. The Labute approximate surface area is 124 Å². The summed E-state index contributed by atoms with van der Waals surface area (Å²) in [6.45, 7) is 1.61. The van der Waals surface area contributed by atoms with Crippen LogP contribution < -0.4 is 10.1 Å². The minimum absolute atomic E-state index is 0.137. The third kappa shape index (κ3) is 3.92. The predicted octanol–water partition coefficient (Wildman–Crippen LogP) is 2.35. The number of halogens is 1. The van der Waals surface area contributed by atoms with Crippen molar-refractivity contribution in [2.75, 3.05) is 5.32 Å². The molecule has 20 heavy (non-hydrogen) atoms. The lowest BCUT2D eigenvalue weighted by Crippen LogP contribution is -2.30. The van der Waals surface area contributed by atoms with Crippen LogP contribution in [0.2, 0.25) is 0 Å². The van der Waals surface area contributed by atoms with Crippen LogP contribution in [-0.4, -0.2) is 27.1 Å². The van der Waals surface area contributed by atoms with Crippen LogP contribution in [0.3, 0.4) is 0 Å². The normalized spacial score (nSPS) is 11.7. The van der Waals surface area contributed by atoms with E-state index in [9.17, 15) is 4.79 Å². The first-order chi connectivity index (χ1) is 9.54. The van der Waals surface area contributed by atoms with Crippen molar-refractivity contribution in [3.63, 3.8) is 0 Å². The summed E-state index contributed by atoms with van der Waals surface area (Å²) >= 11 is 3.21. The maximum Gasteiger partial charge on any atom is 0.267 e. The van der Waals surface area contributed by atoms with Gasteiger partial charge in [0.05, 0.1) is 4.47 Å². The van der Waals surface area contributed by atoms with Crippen LogP contribution in [-0.2, 0) is 4.79 Å². The van der Waals surface area contributed by atoms with Gasteiger partial charge in [0, 0.05) is 12.4 Å². The molecule has 1 aromatic heterocycles. The molecule has 0 aliphatic carbocycles. The second kappa shape index (κ2) is 6.33. The summed E-state index contributed by atoms with van der Waals surface area (Å²) in [4.78, 5) is 19.8. The van der Waals surface area contributed by atoms with Crippen molar-refractivity contribution in [1.29, 1.82) is 0 Å². The van der Waals surface area contributed by atoms with Crippen LogP contribution in [0.1, 0.15) is 6.92 Å². The SMILES string of the molecule is CC(Oc1ccc(O)cc1)C(=O)Nc1ncc(Br)cn1. The van der Waals surface area contributed by atoms with E-state index in [0.717, 1.165) is 4.47 Å². The maximum atomic E-state index is 11.9. The summed E-state index contributed by atoms with van der Waals surface area (Å²) in [5.41, 5.74) is 0. The number of hydrogen-bond donors (Lipinski definition) is 2. The molecule has 0 saturated heterocycles. The molecule has 1 aromatic carbocycles. The number of carbonyl (C=O) groups excluding carboxylic acids is 1. The van der Waals surface area contributed by atoms with Gasteiger partial charge < -0.3 is 9.84 Å². The van der Waals surface area contributed by atoms with Crippen LogP contribution in [0.15, 0.2) is 41.1 Å². The van der Waals surface area contributed by atoms with E-state index in [1.165, 1.54) is 24.5 Å². The van der Waals surface area contributed by atoms with E-state index in [-0.39, 0.29) is 17.6 Å². The zero-order valence-electron chi connectivity index (χ0n) is 10.6. The van der Waals surface area contributed by atoms with E-state index >= 15 is 0 Å². The fraction of sp³-hybridized carbons (Fsp3) is 0.154. The number of rotatable bonds is 4. The van der Waals surface area contributed by atoms with Crippen molar-refractivity contribution in [1.82, 2.24) is 9.97 Å². The fourth-order valence-electron chi connectivity index (χ4n) is 1.37. The third-order valence-corrected chi connectivity index (χ3v) is 2.78. The van der Waals surface area contributed by atoms with Crippen LogP contribution >= 0.6 is 15.9 Å². The molecular weight excluding hydrogens is 326 g/mol. The highest BCUT2D eigenvalue weighted by Gasteiger charge is 2.15. The average Bonchev–Trinajstić information content (AvgIpc) is 2.44. The van der Waals surface area contributed by atoms with Gasteiger partial charge in [-0.25, -0.2) is 9.97 Å². The molecule has 2 aromatic rings. The Morgan fingerprint density at radius 1 is 1.30 bits per heavy atom. The highest BCUT2D eigenvalue weighted by molar-refractivity contribution is 9.10. The molecule has 1 heterocycles. The second-order valence-electron chi connectivity index (χ2n) is 3.97. The number of nitrogens with one attached hydrogen (secondary N) is 1. The molecule has 0 aliphatic heterocycles. The minimum Gasteiger partial charge on any atom is -0.508 e. The molecule has 0 spiro atoms. The molecule has 0 saturated carbocycles. The summed E-state index contributed by atoms with van der Waals surface area (Å²) in [5.74, 6) is 0.472. The number of ether oxygens (including phenoxy) is 1. The topological polar surface area (TPSA) is 84.3 Å². The monoisotopic (exact) mass is 337 g/mol. The van der Waals surface area contributed by atoms with Gasteiger partial charge in [0.15, 0.2) is 6.10 Å². The van der Waals surface area contributed by atoms with Crippen molar-refractivity contribution in [2.24, 2.45) is 0 Å². The highest BCUT2D eigenvalue weighted by Crippen LogP contribution is 2.17. The molecule has 1 amide bonds. The van der Waals surface area contributed by atoms with Crippen molar-refractivity contribution in [3.8, 4) is 11.5 Å². The number of phenolic OH excluding ortho intramolecular Hbond substituents is 1. The molecule has 2 rings (SSSR count). The third-order valence-electron chi connectivity index (χ3n) is 2.37. The van der Waals surface area contributed by atoms with Gasteiger partial charge in [0.25, 0.3) is 5.91 Å². The van der Waals surface area contributed by atoms with E-state index in [2.05, 4.69) is 31.2 Å². The number of benzene rings is 1. The molecule has 2 N–H and O–H groups in total. The van der Waals surface area contributed by atoms with E-state index in [1.54, 1.807) is 19.1 Å². The Kier molecular flexibility index (Phi) is 4.52. The van der Waals surface area contributed by atoms with E-state index < -0.39 is 6.10 Å². The Balaban J connectivity index is 1.94. The number of hydrogen-bond acceptors (Lipinski definition) is 5. The molecule has 0 bridgehead atoms. The zero-order valence-corrected chi connectivity index (χ0v) is 12.2. The lowest BCUT2D eigenvalue weighted by molar-refractivity contribution is -0.122. The van der Waals surface area contributed by atoms with Crippen LogP contribution in [0.4, 0.5) is 5.95 Å². The molecule has 0 fully saturated rings. The van der Waals surface area contributed by atoms with Gasteiger partial charge in [0.2, 0.25) is 5.95 Å². The predicted molar refractivity (Wildman–Crippen MR) is 76.6 cm³/mol. The number of aromatic hydroxyl groups is 1. The molecule has 1 unspecified atom stereocenters. The lowest BCUT2D eigenvalue weighted by atomic mass is 10.3. The Hall–Kier alpha value is -2.15. The molecule has 6 nitrogen and oxygen atoms in total. The largest absolute Gasteiger partial charge is 0.508 e. The van der Waals surface area contributed by atoms with Gasteiger partial charge in [-0.05, 0) is 47.1 Å². The number of phenols is 1. The molecule has 1 atom stereocenters. The molecular formula is C13H12BrN3O3. The molecule has 0 aliphatic rings. The van der Waals surface area contributed by atoms with Crippen LogP contribution in [0.5, 0.6) is 11.5 Å². The lowest BCUT2D eigenvalue weighted by Gasteiger charge is -2.13. The second-order valence-corrected chi connectivity index (χ2v) is 4.88. The van der Waals surface area contributed by atoms with Crippen molar-refractivity contribution in [3.05, 3.63) is 41.1 Å². The van der Waals surface area contributed by atoms with Crippen molar-refractivity contribution >= 4 is 27.8 Å². The van der Waals surface area contributed by atoms with Gasteiger partial charge in [-0.15, -0.1) is 0 Å². The van der Waals surface area contributed by atoms with Crippen LogP contribution in [0, 0.1) is 0 Å². The summed E-state index contributed by atoms with van der Waals surface area (Å²) in [7, 11) is 0. The summed E-state index contributed by atoms with van der Waals surface area (Å²) < 4.78 is 6.16. The van der Waals surface area contributed by atoms with Crippen LogP contribution in [0.25, 0.3) is 0 Å². The van der Waals surface area contributed by atoms with Gasteiger partial charge >= 0.3 is 0 Å². The maximum absolute atomic E-state index is 11.9. The van der Waals surface area contributed by atoms with Crippen molar-refractivity contribution in [2.45, 2.75) is 13.0 Å². The van der Waals surface area contributed by atoms with Gasteiger partial charge in [-0.2, -0.15) is 0 Å². The van der Waals surface area contributed by atoms with E-state index in [0.29, 0.717) is 5.75 Å². The van der Waals surface area contributed by atoms with E-state index in [1.807, 2.05) is 0 Å². The molecule has 104 valence electrons. The zero-order chi connectivity index (χ0) is 14.5. The summed E-state index contributed by atoms with van der Waals surface area (Å²) in [5, 5.41) is 11.7. The molecule has 7 heteroatoms. The van der Waals surface area contributed by atoms with Gasteiger partial charge in [0.1, 0.15) is 11.5 Å². The standard InChI is InChI=1S/C13H12BrN3O3/c1-8(20-11-4-2-10(18)3-5-11)12(19)17-13-15-6-9(14)7-16-13/h2-8,18H,1H3,(H,15,16,17,19). The van der Waals surface area contributed by atoms with Gasteiger partial charge in [-0.3, -0.25) is 10.1 Å². The average molecular weight is 338 g/mol. The number of nitrogens with zero attached hydrogens (tertiary/aromatic N) is 2. The smallest absolute Gasteiger partial charge is 0.267 e. The highest BCUT2D eigenvalue weighted by atomic mass is 79.9. The first-order valence-electron chi connectivity index (χ1n) is 5.78. The number of aromatic nitrogens is 2. The summed E-state index contributed by atoms with van der Waals surface area (Å²) in [6, 6.07) is 6.13. The number of anilines is 1. The quantitative estimate of drug-likeness (QED) is 0.894. The van der Waals surface area contributed by atoms with Gasteiger partial charge in [-0.1, -0.05) is 0 Å². The number of carbonyl (C=O) groups is 1. The minimum atomic E-state index is -0.716. The number of amides is 1.